The van der Waals surface area contributed by atoms with Crippen molar-refractivity contribution in [1.82, 2.24) is 29.9 Å². The Hall–Kier alpha value is -2.81. The summed E-state index contributed by atoms with van der Waals surface area (Å²) in [7, 11) is 0. The zero-order valence-corrected chi connectivity index (χ0v) is 11.8. The second-order valence-corrected chi connectivity index (χ2v) is 4.83. The molecule has 0 saturated carbocycles. The quantitative estimate of drug-likeness (QED) is 0.686. The van der Waals surface area contributed by atoms with Crippen molar-refractivity contribution in [3.05, 3.63) is 31.0 Å². The fraction of sp³-hybridized carbons (Fsp3) is 0.308. The van der Waals surface area contributed by atoms with Gasteiger partial charge in [-0.1, -0.05) is 0 Å². The van der Waals surface area contributed by atoms with Gasteiger partial charge in [-0.2, -0.15) is 4.98 Å². The highest BCUT2D eigenvalue weighted by Crippen LogP contribution is 2.15. The molecular weight excluding hydrogens is 284 g/mol. The third kappa shape index (κ3) is 2.53. The number of piperazine rings is 1. The minimum absolute atomic E-state index is 0. The van der Waals surface area contributed by atoms with E-state index in [0.717, 1.165) is 43.6 Å². The molecule has 0 atom stereocenters. The predicted octanol–water partition coefficient (Wildman–Crippen LogP) is -0.355. The summed E-state index contributed by atoms with van der Waals surface area (Å²) in [6, 6.07) is 1.83. The Morgan fingerprint density at radius 3 is 2.27 bits per heavy atom. The SMILES string of the molecule is O.c1cnc(N2CCN(c3ncc4[nH]cnc4n3)CC2)nc1. The molecule has 9 nitrogen and oxygen atoms in total. The molecule has 0 unspecified atom stereocenters. The second-order valence-electron chi connectivity index (χ2n) is 4.83. The molecule has 3 aromatic rings. The fourth-order valence-corrected chi connectivity index (χ4v) is 2.44. The van der Waals surface area contributed by atoms with E-state index in [-0.39, 0.29) is 5.48 Å². The van der Waals surface area contributed by atoms with E-state index in [1.54, 1.807) is 24.9 Å². The van der Waals surface area contributed by atoms with Crippen LogP contribution in [0.1, 0.15) is 0 Å². The third-order valence-electron chi connectivity index (χ3n) is 3.56. The molecule has 4 rings (SSSR count). The number of aromatic amines is 1. The van der Waals surface area contributed by atoms with Gasteiger partial charge in [-0.3, -0.25) is 0 Å². The van der Waals surface area contributed by atoms with Gasteiger partial charge in [0.2, 0.25) is 11.9 Å². The Morgan fingerprint density at radius 1 is 0.864 bits per heavy atom. The van der Waals surface area contributed by atoms with Crippen LogP contribution < -0.4 is 9.80 Å². The molecule has 3 aromatic heterocycles. The summed E-state index contributed by atoms with van der Waals surface area (Å²) in [4.78, 5) is 28.9. The molecular formula is C13H16N8O. The summed E-state index contributed by atoms with van der Waals surface area (Å²) >= 11 is 0. The van der Waals surface area contributed by atoms with Crippen LogP contribution in [-0.2, 0) is 0 Å². The molecule has 3 N–H and O–H groups in total. The summed E-state index contributed by atoms with van der Waals surface area (Å²) in [5, 5.41) is 0. The van der Waals surface area contributed by atoms with E-state index in [1.807, 2.05) is 6.07 Å². The Labute approximate surface area is 126 Å². The van der Waals surface area contributed by atoms with E-state index in [4.69, 9.17) is 0 Å². The average Bonchev–Trinajstić information content (AvgIpc) is 3.03. The van der Waals surface area contributed by atoms with Crippen LogP contribution in [0.4, 0.5) is 11.9 Å². The van der Waals surface area contributed by atoms with Crippen molar-refractivity contribution < 1.29 is 5.48 Å². The molecule has 1 aliphatic heterocycles. The lowest BCUT2D eigenvalue weighted by atomic mass is 10.3. The largest absolute Gasteiger partial charge is 0.412 e. The lowest BCUT2D eigenvalue weighted by Crippen LogP contribution is -2.47. The summed E-state index contributed by atoms with van der Waals surface area (Å²) < 4.78 is 0. The minimum atomic E-state index is 0. The highest BCUT2D eigenvalue weighted by atomic mass is 16.0. The fourth-order valence-electron chi connectivity index (χ4n) is 2.44. The lowest BCUT2D eigenvalue weighted by Gasteiger charge is -2.34. The molecule has 9 heteroatoms. The molecule has 1 aliphatic rings. The molecule has 0 radical (unpaired) electrons. The van der Waals surface area contributed by atoms with Gasteiger partial charge in [-0.05, 0) is 6.07 Å². The number of fused-ring (bicyclic) bond motifs is 1. The minimum Gasteiger partial charge on any atom is -0.412 e. The van der Waals surface area contributed by atoms with Crippen LogP contribution in [0, 0.1) is 0 Å². The maximum Gasteiger partial charge on any atom is 0.227 e. The van der Waals surface area contributed by atoms with Crippen LogP contribution in [0.5, 0.6) is 0 Å². The summed E-state index contributed by atoms with van der Waals surface area (Å²) in [5.41, 5.74) is 1.56. The number of imidazole rings is 1. The van der Waals surface area contributed by atoms with Gasteiger partial charge in [0, 0.05) is 38.6 Å². The van der Waals surface area contributed by atoms with Crippen molar-refractivity contribution in [2.75, 3.05) is 36.0 Å². The number of H-pyrrole nitrogens is 1. The predicted molar refractivity (Wildman–Crippen MR) is 81.8 cm³/mol. The van der Waals surface area contributed by atoms with Crippen LogP contribution in [0.25, 0.3) is 11.2 Å². The zero-order chi connectivity index (χ0) is 14.1. The number of rotatable bonds is 2. The van der Waals surface area contributed by atoms with Gasteiger partial charge in [-0.15, -0.1) is 0 Å². The van der Waals surface area contributed by atoms with Crippen molar-refractivity contribution >= 4 is 23.1 Å². The van der Waals surface area contributed by atoms with Crippen LogP contribution in [0.15, 0.2) is 31.0 Å². The van der Waals surface area contributed by atoms with Gasteiger partial charge in [-0.25, -0.2) is 19.9 Å². The molecule has 0 bridgehead atoms. The van der Waals surface area contributed by atoms with Crippen LogP contribution in [0.3, 0.4) is 0 Å². The first kappa shape index (κ1) is 14.1. The highest BCUT2D eigenvalue weighted by Gasteiger charge is 2.20. The highest BCUT2D eigenvalue weighted by molar-refractivity contribution is 5.69. The van der Waals surface area contributed by atoms with E-state index in [0.29, 0.717) is 5.65 Å². The number of nitrogens with one attached hydrogen (secondary N) is 1. The summed E-state index contributed by atoms with van der Waals surface area (Å²) in [6.45, 7) is 3.39. The molecule has 0 amide bonds. The standard InChI is InChI=1S/C13H14N8.H2O/c1-2-14-12(15-3-1)20-4-6-21(7-5-20)13-16-8-10-11(19-13)18-9-17-10;/h1-3,8-9H,4-7H2,(H,16,17,18,19);1H2. The van der Waals surface area contributed by atoms with E-state index in [1.165, 1.54) is 0 Å². The monoisotopic (exact) mass is 300 g/mol. The first-order valence-electron chi connectivity index (χ1n) is 6.83. The number of nitrogens with zero attached hydrogens (tertiary/aromatic N) is 7. The Morgan fingerprint density at radius 2 is 1.55 bits per heavy atom. The Bertz CT molecular complexity index is 738. The van der Waals surface area contributed by atoms with Crippen molar-refractivity contribution in [2.24, 2.45) is 0 Å². The molecule has 114 valence electrons. The van der Waals surface area contributed by atoms with Crippen molar-refractivity contribution in [1.29, 1.82) is 0 Å². The normalized spacial score (nSPS) is 14.9. The first-order valence-corrected chi connectivity index (χ1v) is 6.83. The summed E-state index contributed by atoms with van der Waals surface area (Å²) in [5.74, 6) is 1.50. The maximum atomic E-state index is 4.48. The van der Waals surface area contributed by atoms with Crippen LogP contribution in [0.2, 0.25) is 0 Å². The number of hydrogen-bond donors (Lipinski definition) is 1. The lowest BCUT2D eigenvalue weighted by molar-refractivity contribution is 0.629. The van der Waals surface area contributed by atoms with Gasteiger partial charge in [0.25, 0.3) is 0 Å². The molecule has 0 aromatic carbocycles. The second kappa shape index (κ2) is 5.90. The van der Waals surface area contributed by atoms with Crippen molar-refractivity contribution in [2.45, 2.75) is 0 Å². The van der Waals surface area contributed by atoms with Gasteiger partial charge in [0.1, 0.15) is 5.52 Å². The zero-order valence-electron chi connectivity index (χ0n) is 11.8. The molecule has 4 heterocycles. The number of hydrogen-bond acceptors (Lipinski definition) is 7. The topological polar surface area (TPSA) is 118 Å². The van der Waals surface area contributed by atoms with Gasteiger partial charge in [0.15, 0.2) is 5.65 Å². The van der Waals surface area contributed by atoms with Crippen LogP contribution in [-0.4, -0.2) is 61.6 Å². The molecule has 1 saturated heterocycles. The molecule has 22 heavy (non-hydrogen) atoms. The maximum absolute atomic E-state index is 4.48. The third-order valence-corrected chi connectivity index (χ3v) is 3.56. The van der Waals surface area contributed by atoms with Crippen LogP contribution >= 0.6 is 0 Å². The summed E-state index contributed by atoms with van der Waals surface area (Å²) in [6.07, 6.45) is 6.94. The van der Waals surface area contributed by atoms with E-state index >= 15 is 0 Å². The van der Waals surface area contributed by atoms with Crippen molar-refractivity contribution in [3.63, 3.8) is 0 Å². The smallest absolute Gasteiger partial charge is 0.227 e. The van der Waals surface area contributed by atoms with E-state index < -0.39 is 0 Å². The Balaban J connectivity index is 0.00000144. The van der Waals surface area contributed by atoms with Gasteiger partial charge >= 0.3 is 0 Å². The van der Waals surface area contributed by atoms with Gasteiger partial charge < -0.3 is 20.3 Å². The average molecular weight is 300 g/mol. The molecule has 0 aliphatic carbocycles. The first-order chi connectivity index (χ1) is 10.4. The molecule has 1 fully saturated rings. The number of anilines is 2. The number of aromatic nitrogens is 6. The molecule has 0 spiro atoms. The van der Waals surface area contributed by atoms with Gasteiger partial charge in [0.05, 0.1) is 12.5 Å². The van der Waals surface area contributed by atoms with E-state index in [9.17, 15) is 0 Å². The van der Waals surface area contributed by atoms with E-state index in [2.05, 4.69) is 39.7 Å². The van der Waals surface area contributed by atoms with Crippen molar-refractivity contribution in [3.8, 4) is 0 Å². The Kier molecular flexibility index (Phi) is 3.79.